The highest BCUT2D eigenvalue weighted by atomic mass is 79.9. The smallest absolute Gasteiger partial charge is 0.256 e. The van der Waals surface area contributed by atoms with Gasteiger partial charge in [0, 0.05) is 43.0 Å². The second-order valence-electron chi connectivity index (χ2n) is 5.03. The molecule has 1 amide bonds. The van der Waals surface area contributed by atoms with E-state index in [1.807, 2.05) is 17.0 Å². The average molecular weight is 379 g/mol. The molecule has 0 bridgehead atoms. The van der Waals surface area contributed by atoms with Gasteiger partial charge in [-0.05, 0) is 40.2 Å². The average Bonchev–Trinajstić information content (AvgIpc) is 2.56. The summed E-state index contributed by atoms with van der Waals surface area (Å²) in [5.41, 5.74) is 0.563. The van der Waals surface area contributed by atoms with E-state index >= 15 is 0 Å². The minimum absolute atomic E-state index is 0.00901. The number of halogens is 1. The summed E-state index contributed by atoms with van der Waals surface area (Å²) in [6, 6.07) is 7.52. The predicted octanol–water partition coefficient (Wildman–Crippen LogP) is 2.86. The summed E-state index contributed by atoms with van der Waals surface area (Å²) in [7, 11) is 0. The van der Waals surface area contributed by atoms with Crippen LogP contribution in [0.4, 0.5) is 5.82 Å². The lowest BCUT2D eigenvalue weighted by Crippen LogP contribution is -2.49. The lowest BCUT2D eigenvalue weighted by atomic mass is 10.2. The van der Waals surface area contributed by atoms with Crippen LogP contribution in [0.3, 0.4) is 0 Å². The molecule has 3 heterocycles. The van der Waals surface area contributed by atoms with Crippen LogP contribution in [0.1, 0.15) is 10.4 Å². The summed E-state index contributed by atoms with van der Waals surface area (Å²) in [5, 5.41) is 0. The van der Waals surface area contributed by atoms with Crippen molar-refractivity contribution in [1.82, 2.24) is 14.9 Å². The van der Waals surface area contributed by atoms with Crippen molar-refractivity contribution in [2.24, 2.45) is 0 Å². The molecule has 0 aliphatic carbocycles. The Kier molecular flexibility index (Phi) is 4.54. The maximum atomic E-state index is 12.5. The Labute approximate surface area is 142 Å². The van der Waals surface area contributed by atoms with Gasteiger partial charge in [0.1, 0.15) is 10.5 Å². The third-order valence-corrected chi connectivity index (χ3v) is 4.46. The molecular weight excluding hydrogens is 364 g/mol. The maximum Gasteiger partial charge on any atom is 0.256 e. The van der Waals surface area contributed by atoms with Gasteiger partial charge in [0.25, 0.3) is 5.91 Å². The van der Waals surface area contributed by atoms with Crippen molar-refractivity contribution in [2.75, 3.05) is 31.1 Å². The molecule has 0 saturated carbocycles. The fourth-order valence-electron chi connectivity index (χ4n) is 2.45. The minimum Gasteiger partial charge on any atom is -0.353 e. The number of nitrogens with one attached hydrogen (secondary N) is 1. The van der Waals surface area contributed by atoms with Gasteiger partial charge in [-0.3, -0.25) is 4.79 Å². The monoisotopic (exact) mass is 378 g/mol. The van der Waals surface area contributed by atoms with Crippen molar-refractivity contribution in [3.63, 3.8) is 0 Å². The SMILES string of the molecule is O=C(c1ccc[nH]c1=S)N1CCN(c2ccc(Br)cn2)CC1. The lowest BCUT2D eigenvalue weighted by molar-refractivity contribution is 0.0745. The molecule has 0 spiro atoms. The molecule has 1 fully saturated rings. The molecule has 1 N–H and O–H groups in total. The van der Waals surface area contributed by atoms with Gasteiger partial charge >= 0.3 is 0 Å². The molecule has 1 aliphatic heterocycles. The molecule has 7 heteroatoms. The summed E-state index contributed by atoms with van der Waals surface area (Å²) in [6.07, 6.45) is 3.52. The minimum atomic E-state index is -0.00901. The Morgan fingerprint density at radius 2 is 2.00 bits per heavy atom. The summed E-state index contributed by atoms with van der Waals surface area (Å²) < 4.78 is 1.45. The Hall–Kier alpha value is -1.73. The van der Waals surface area contributed by atoms with Gasteiger partial charge in [-0.25, -0.2) is 4.98 Å². The topological polar surface area (TPSA) is 52.2 Å². The Bertz CT molecular complexity index is 723. The summed E-state index contributed by atoms with van der Waals surface area (Å²) >= 11 is 8.57. The van der Waals surface area contributed by atoms with Gasteiger partial charge in [0.2, 0.25) is 0 Å². The number of hydrogen-bond donors (Lipinski definition) is 1. The molecule has 22 heavy (non-hydrogen) atoms. The number of pyridine rings is 2. The van der Waals surface area contributed by atoms with Crippen molar-refractivity contribution in [3.05, 3.63) is 51.3 Å². The highest BCUT2D eigenvalue weighted by Gasteiger charge is 2.23. The van der Waals surface area contributed by atoms with E-state index in [1.54, 1.807) is 24.5 Å². The van der Waals surface area contributed by atoms with E-state index in [-0.39, 0.29) is 5.91 Å². The van der Waals surface area contributed by atoms with Crippen molar-refractivity contribution >= 4 is 39.9 Å². The zero-order valence-corrected chi connectivity index (χ0v) is 14.2. The Morgan fingerprint density at radius 1 is 1.23 bits per heavy atom. The van der Waals surface area contributed by atoms with E-state index in [1.165, 1.54) is 0 Å². The zero-order chi connectivity index (χ0) is 15.5. The first-order valence-corrected chi connectivity index (χ1v) is 8.19. The predicted molar refractivity (Wildman–Crippen MR) is 91.7 cm³/mol. The van der Waals surface area contributed by atoms with E-state index in [9.17, 15) is 4.79 Å². The third kappa shape index (κ3) is 3.20. The Morgan fingerprint density at radius 3 is 2.64 bits per heavy atom. The number of amides is 1. The van der Waals surface area contributed by atoms with Gasteiger partial charge in [-0.15, -0.1) is 0 Å². The first-order chi connectivity index (χ1) is 10.6. The number of aromatic nitrogens is 2. The van der Waals surface area contributed by atoms with E-state index in [2.05, 4.69) is 30.8 Å². The fourth-order valence-corrected chi connectivity index (χ4v) is 2.91. The second-order valence-corrected chi connectivity index (χ2v) is 6.35. The van der Waals surface area contributed by atoms with Gasteiger partial charge in [-0.1, -0.05) is 12.2 Å². The van der Waals surface area contributed by atoms with Crippen LogP contribution in [0, 0.1) is 4.64 Å². The van der Waals surface area contributed by atoms with Gasteiger partial charge in [0.15, 0.2) is 0 Å². The zero-order valence-electron chi connectivity index (χ0n) is 11.8. The van der Waals surface area contributed by atoms with E-state index in [0.717, 1.165) is 23.4 Å². The van der Waals surface area contributed by atoms with Crippen molar-refractivity contribution in [1.29, 1.82) is 0 Å². The highest BCUT2D eigenvalue weighted by molar-refractivity contribution is 9.10. The van der Waals surface area contributed by atoms with Gasteiger partial charge < -0.3 is 14.8 Å². The van der Waals surface area contributed by atoms with Crippen LogP contribution in [-0.4, -0.2) is 47.0 Å². The number of aromatic amines is 1. The van der Waals surface area contributed by atoms with Crippen LogP contribution in [0.2, 0.25) is 0 Å². The number of nitrogens with zero attached hydrogens (tertiary/aromatic N) is 3. The molecule has 1 aliphatic rings. The third-order valence-electron chi connectivity index (χ3n) is 3.65. The normalized spacial score (nSPS) is 15.0. The molecule has 0 atom stereocenters. The molecular formula is C15H15BrN4OS. The molecule has 2 aromatic rings. The van der Waals surface area contributed by atoms with Gasteiger partial charge in [-0.2, -0.15) is 0 Å². The standard InChI is InChI=1S/C15H15BrN4OS/c16-11-3-4-13(18-10-11)19-6-8-20(9-7-19)15(21)12-2-1-5-17-14(12)22/h1-5,10H,6-9H2,(H,17,22). The number of carbonyl (C=O) groups excluding carboxylic acids is 1. The quantitative estimate of drug-likeness (QED) is 0.816. The number of rotatable bonds is 2. The first-order valence-electron chi connectivity index (χ1n) is 6.98. The summed E-state index contributed by atoms with van der Waals surface area (Å²) in [4.78, 5) is 23.8. The van der Waals surface area contributed by atoms with Crippen LogP contribution < -0.4 is 4.90 Å². The number of H-pyrrole nitrogens is 1. The maximum absolute atomic E-state index is 12.5. The van der Waals surface area contributed by atoms with Gasteiger partial charge in [0.05, 0.1) is 5.56 Å². The van der Waals surface area contributed by atoms with E-state index in [4.69, 9.17) is 12.2 Å². The number of piperazine rings is 1. The molecule has 5 nitrogen and oxygen atoms in total. The molecule has 0 unspecified atom stereocenters. The molecule has 3 rings (SSSR count). The van der Waals surface area contributed by atoms with Crippen molar-refractivity contribution in [2.45, 2.75) is 0 Å². The molecule has 2 aromatic heterocycles. The van der Waals surface area contributed by atoms with Crippen LogP contribution in [0.15, 0.2) is 41.1 Å². The molecule has 0 radical (unpaired) electrons. The first kappa shape index (κ1) is 15.2. The summed E-state index contributed by atoms with van der Waals surface area (Å²) in [6.45, 7) is 2.87. The Balaban J connectivity index is 1.67. The molecule has 1 saturated heterocycles. The number of anilines is 1. The van der Waals surface area contributed by atoms with Crippen LogP contribution in [-0.2, 0) is 0 Å². The second kappa shape index (κ2) is 6.58. The molecule has 0 aromatic carbocycles. The fraction of sp³-hybridized carbons (Fsp3) is 0.267. The summed E-state index contributed by atoms with van der Waals surface area (Å²) in [5.74, 6) is 0.928. The molecule has 114 valence electrons. The van der Waals surface area contributed by atoms with Crippen LogP contribution >= 0.6 is 28.1 Å². The van der Waals surface area contributed by atoms with E-state index in [0.29, 0.717) is 23.3 Å². The van der Waals surface area contributed by atoms with Crippen LogP contribution in [0.5, 0.6) is 0 Å². The van der Waals surface area contributed by atoms with E-state index < -0.39 is 0 Å². The number of hydrogen-bond acceptors (Lipinski definition) is 4. The van der Waals surface area contributed by atoms with Crippen molar-refractivity contribution in [3.8, 4) is 0 Å². The highest BCUT2D eigenvalue weighted by Crippen LogP contribution is 2.17. The van der Waals surface area contributed by atoms with Crippen LogP contribution in [0.25, 0.3) is 0 Å². The lowest BCUT2D eigenvalue weighted by Gasteiger charge is -2.35. The number of carbonyl (C=O) groups is 1. The largest absolute Gasteiger partial charge is 0.353 e. The van der Waals surface area contributed by atoms with Crippen molar-refractivity contribution < 1.29 is 4.79 Å².